The molecule has 0 saturated heterocycles. The highest BCUT2D eigenvalue weighted by atomic mass is 19.1. The van der Waals surface area contributed by atoms with E-state index in [0.29, 0.717) is 36.2 Å². The van der Waals surface area contributed by atoms with Crippen LogP contribution in [0.1, 0.15) is 0 Å². The van der Waals surface area contributed by atoms with Crippen LogP contribution in [0.15, 0.2) is 61.1 Å². The number of hydrogen-bond acceptors (Lipinski definition) is 6. The summed E-state index contributed by atoms with van der Waals surface area (Å²) in [6.45, 7) is 0.981. The number of carbonyl (C=O) groups is 1. The summed E-state index contributed by atoms with van der Waals surface area (Å²) in [6.07, 6.45) is 4.62. The fourth-order valence-corrected chi connectivity index (χ4v) is 3.54. The zero-order chi connectivity index (χ0) is 22.1. The number of ether oxygens (including phenoxy) is 2. The van der Waals surface area contributed by atoms with Gasteiger partial charge in [-0.05, 0) is 18.2 Å². The van der Waals surface area contributed by atoms with Crippen LogP contribution in [0.3, 0.4) is 0 Å². The highest BCUT2D eigenvalue weighted by Crippen LogP contribution is 2.34. The van der Waals surface area contributed by atoms with Crippen LogP contribution < -0.4 is 25.4 Å². The minimum absolute atomic E-state index is 0.238. The highest BCUT2D eigenvalue weighted by Gasteiger charge is 2.14. The Labute approximate surface area is 183 Å². The van der Waals surface area contributed by atoms with Gasteiger partial charge in [-0.3, -0.25) is 4.57 Å². The number of halogens is 1. The average Bonchev–Trinajstić information content (AvgIpc) is 3.26. The van der Waals surface area contributed by atoms with E-state index in [1.165, 1.54) is 4.57 Å². The standard InChI is InChI=1S/C23H20FN5O3/c1-25-23(30)29-12-14-3-2-4-18(16(14)13-29)28-22-10-19(17(24)11-26-22)27-15-5-6-20-21(9-15)32-8-7-31-20/h2-6,9-13H,7-8H2,1H3,(H,25,30)(H2,26,27,28). The van der Waals surface area contributed by atoms with Crippen molar-refractivity contribution in [1.29, 1.82) is 0 Å². The molecule has 3 N–H and O–H groups in total. The van der Waals surface area contributed by atoms with Gasteiger partial charge >= 0.3 is 6.03 Å². The summed E-state index contributed by atoms with van der Waals surface area (Å²) in [5, 5.41) is 10.6. The number of aromatic nitrogens is 2. The van der Waals surface area contributed by atoms with Crippen molar-refractivity contribution in [3.63, 3.8) is 0 Å². The number of amides is 1. The number of pyridine rings is 1. The number of nitrogens with zero attached hydrogens (tertiary/aromatic N) is 2. The van der Waals surface area contributed by atoms with Gasteiger partial charge in [-0.2, -0.15) is 0 Å². The second-order valence-electron chi connectivity index (χ2n) is 7.19. The molecule has 9 heteroatoms. The van der Waals surface area contributed by atoms with E-state index in [1.54, 1.807) is 43.7 Å². The number of nitrogens with one attached hydrogen (secondary N) is 3. The Morgan fingerprint density at radius 1 is 1.03 bits per heavy atom. The molecule has 2 aromatic heterocycles. The van der Waals surface area contributed by atoms with Gasteiger partial charge in [0.2, 0.25) is 0 Å². The van der Waals surface area contributed by atoms with Gasteiger partial charge < -0.3 is 25.4 Å². The lowest BCUT2D eigenvalue weighted by Crippen LogP contribution is -2.22. The molecule has 8 nitrogen and oxygen atoms in total. The molecule has 0 atom stereocenters. The number of carbonyl (C=O) groups excluding carboxylic acids is 1. The van der Waals surface area contributed by atoms with Crippen LogP contribution in [-0.4, -0.2) is 35.8 Å². The number of fused-ring (bicyclic) bond motifs is 2. The number of anilines is 4. The molecule has 1 aliphatic heterocycles. The summed E-state index contributed by atoms with van der Waals surface area (Å²) in [4.78, 5) is 16.1. The molecule has 3 heterocycles. The van der Waals surface area contributed by atoms with Crippen LogP contribution >= 0.6 is 0 Å². The Hall–Kier alpha value is -4.27. The van der Waals surface area contributed by atoms with E-state index in [1.807, 2.05) is 18.2 Å². The highest BCUT2D eigenvalue weighted by molar-refractivity contribution is 5.97. The number of hydrogen-bond donors (Lipinski definition) is 3. The van der Waals surface area contributed by atoms with Crippen molar-refractivity contribution in [3.05, 3.63) is 66.9 Å². The molecule has 5 rings (SSSR count). The Balaban J connectivity index is 1.42. The van der Waals surface area contributed by atoms with Crippen LogP contribution in [0.5, 0.6) is 11.5 Å². The third kappa shape index (κ3) is 3.76. The van der Waals surface area contributed by atoms with Gasteiger partial charge in [-0.1, -0.05) is 12.1 Å². The lowest BCUT2D eigenvalue weighted by Gasteiger charge is -2.19. The predicted octanol–water partition coefficient (Wildman–Crippen LogP) is 4.62. The predicted molar refractivity (Wildman–Crippen MR) is 120 cm³/mol. The molecule has 32 heavy (non-hydrogen) atoms. The molecule has 162 valence electrons. The van der Waals surface area contributed by atoms with Crippen molar-refractivity contribution in [2.75, 3.05) is 30.9 Å². The van der Waals surface area contributed by atoms with Gasteiger partial charge in [0, 0.05) is 53.7 Å². The Bertz CT molecular complexity index is 1320. The molecule has 0 saturated carbocycles. The van der Waals surface area contributed by atoms with Crippen molar-refractivity contribution >= 4 is 39.7 Å². The maximum atomic E-state index is 14.5. The summed E-state index contributed by atoms with van der Waals surface area (Å²) in [7, 11) is 1.57. The van der Waals surface area contributed by atoms with Gasteiger partial charge in [0.15, 0.2) is 17.3 Å². The summed E-state index contributed by atoms with van der Waals surface area (Å²) < 4.78 is 27.0. The molecule has 1 aliphatic rings. The second kappa shape index (κ2) is 8.10. The summed E-state index contributed by atoms with van der Waals surface area (Å²) >= 11 is 0. The van der Waals surface area contributed by atoms with Crippen LogP contribution in [0.2, 0.25) is 0 Å². The first kappa shape index (κ1) is 19.7. The summed E-state index contributed by atoms with van der Waals surface area (Å²) in [5.74, 6) is 1.23. The lowest BCUT2D eigenvalue weighted by atomic mass is 10.2. The van der Waals surface area contributed by atoms with Gasteiger partial charge in [-0.25, -0.2) is 14.2 Å². The fraction of sp³-hybridized carbons (Fsp3) is 0.130. The molecular formula is C23H20FN5O3. The molecule has 0 aliphatic carbocycles. The van der Waals surface area contributed by atoms with Crippen molar-refractivity contribution in [1.82, 2.24) is 14.9 Å². The van der Waals surface area contributed by atoms with Crippen molar-refractivity contribution in [2.24, 2.45) is 0 Å². The lowest BCUT2D eigenvalue weighted by molar-refractivity contribution is 0.171. The first-order valence-corrected chi connectivity index (χ1v) is 10.0. The van der Waals surface area contributed by atoms with Crippen LogP contribution in [0.25, 0.3) is 10.8 Å². The van der Waals surface area contributed by atoms with Crippen LogP contribution in [0, 0.1) is 5.82 Å². The first-order valence-electron chi connectivity index (χ1n) is 10.0. The van der Waals surface area contributed by atoms with Crippen LogP contribution in [-0.2, 0) is 0 Å². The van der Waals surface area contributed by atoms with Crippen molar-refractivity contribution < 1.29 is 18.7 Å². The van der Waals surface area contributed by atoms with E-state index < -0.39 is 5.82 Å². The van der Waals surface area contributed by atoms with Crippen molar-refractivity contribution in [3.8, 4) is 11.5 Å². The van der Waals surface area contributed by atoms with Gasteiger partial charge in [0.25, 0.3) is 0 Å². The molecule has 0 spiro atoms. The molecule has 0 bridgehead atoms. The van der Waals surface area contributed by atoms with E-state index in [4.69, 9.17) is 9.47 Å². The normalized spacial score (nSPS) is 12.4. The Morgan fingerprint density at radius 2 is 1.88 bits per heavy atom. The Morgan fingerprint density at radius 3 is 2.72 bits per heavy atom. The zero-order valence-corrected chi connectivity index (χ0v) is 17.2. The maximum absolute atomic E-state index is 14.5. The minimum Gasteiger partial charge on any atom is -0.486 e. The summed E-state index contributed by atoms with van der Waals surface area (Å²) in [6, 6.07) is 12.3. The molecule has 4 aromatic rings. The minimum atomic E-state index is -0.491. The SMILES string of the molecule is CNC(=O)n1cc2cccc(Nc3cc(Nc4ccc5c(c4)OCCO5)c(F)cn3)c2c1. The Kier molecular flexibility index (Phi) is 4.98. The van der Waals surface area contributed by atoms with Crippen molar-refractivity contribution in [2.45, 2.75) is 0 Å². The van der Waals surface area contributed by atoms with E-state index in [0.717, 1.165) is 22.7 Å². The molecule has 0 unspecified atom stereocenters. The van der Waals surface area contributed by atoms with E-state index in [-0.39, 0.29) is 11.7 Å². The quantitative estimate of drug-likeness (QED) is 0.435. The number of benzene rings is 2. The first-order chi connectivity index (χ1) is 15.6. The molecule has 0 fully saturated rings. The average molecular weight is 433 g/mol. The van der Waals surface area contributed by atoms with Crippen LogP contribution in [0.4, 0.5) is 32.1 Å². The molecular weight excluding hydrogens is 413 g/mol. The van der Waals surface area contributed by atoms with E-state index >= 15 is 0 Å². The third-order valence-electron chi connectivity index (χ3n) is 5.07. The van der Waals surface area contributed by atoms with E-state index in [9.17, 15) is 9.18 Å². The van der Waals surface area contributed by atoms with Gasteiger partial charge in [0.1, 0.15) is 19.0 Å². The zero-order valence-electron chi connectivity index (χ0n) is 17.2. The monoisotopic (exact) mass is 433 g/mol. The molecule has 0 radical (unpaired) electrons. The molecule has 2 aromatic carbocycles. The summed E-state index contributed by atoms with van der Waals surface area (Å²) in [5.41, 5.74) is 1.67. The molecule has 1 amide bonds. The smallest absolute Gasteiger partial charge is 0.325 e. The fourth-order valence-electron chi connectivity index (χ4n) is 3.54. The largest absolute Gasteiger partial charge is 0.486 e. The van der Waals surface area contributed by atoms with Gasteiger partial charge in [-0.15, -0.1) is 0 Å². The topological polar surface area (TPSA) is 89.4 Å². The third-order valence-corrected chi connectivity index (χ3v) is 5.07. The maximum Gasteiger partial charge on any atom is 0.325 e. The number of rotatable bonds is 4. The second-order valence-corrected chi connectivity index (χ2v) is 7.19. The van der Waals surface area contributed by atoms with E-state index in [2.05, 4.69) is 20.9 Å². The van der Waals surface area contributed by atoms with Gasteiger partial charge in [0.05, 0.1) is 11.9 Å².